The van der Waals surface area contributed by atoms with E-state index < -0.39 is 0 Å². The molecule has 0 aromatic rings. The highest BCUT2D eigenvalue weighted by Crippen LogP contribution is 2.26. The zero-order valence-electron chi connectivity index (χ0n) is 8.70. The van der Waals surface area contributed by atoms with Crippen molar-refractivity contribution in [2.75, 3.05) is 26.8 Å². The zero-order chi connectivity index (χ0) is 9.68. The van der Waals surface area contributed by atoms with Gasteiger partial charge in [0.1, 0.15) is 0 Å². The van der Waals surface area contributed by atoms with Gasteiger partial charge in [-0.25, -0.2) is 0 Å². The maximum Gasteiger partial charge on any atom is 0.0900 e. The van der Waals surface area contributed by atoms with E-state index in [2.05, 4.69) is 11.8 Å². The van der Waals surface area contributed by atoms with Gasteiger partial charge >= 0.3 is 0 Å². The minimum atomic E-state index is -0.322. The molecule has 0 aromatic heterocycles. The van der Waals surface area contributed by atoms with E-state index in [-0.39, 0.29) is 6.10 Å². The summed E-state index contributed by atoms with van der Waals surface area (Å²) in [5.41, 5.74) is 0. The highest BCUT2D eigenvalue weighted by Gasteiger charge is 2.29. The molecule has 78 valence electrons. The van der Waals surface area contributed by atoms with Crippen molar-refractivity contribution in [3.63, 3.8) is 0 Å². The number of ether oxygens (including phenoxy) is 1. The Kier molecular flexibility index (Phi) is 4.70. The van der Waals surface area contributed by atoms with Crippen molar-refractivity contribution in [1.29, 1.82) is 0 Å². The van der Waals surface area contributed by atoms with Crippen LogP contribution < -0.4 is 0 Å². The fraction of sp³-hybridized carbons (Fsp3) is 1.00. The lowest BCUT2D eigenvalue weighted by Crippen LogP contribution is -2.36. The minimum absolute atomic E-state index is 0.322. The van der Waals surface area contributed by atoms with Gasteiger partial charge in [0.25, 0.3) is 0 Å². The lowest BCUT2D eigenvalue weighted by atomic mass is 10.3. The van der Waals surface area contributed by atoms with E-state index in [1.807, 2.05) is 0 Å². The van der Waals surface area contributed by atoms with Gasteiger partial charge in [-0.1, -0.05) is 6.92 Å². The molecule has 0 bridgehead atoms. The summed E-state index contributed by atoms with van der Waals surface area (Å²) in [4.78, 5) is 2.38. The Labute approximate surface area is 80.7 Å². The van der Waals surface area contributed by atoms with Gasteiger partial charge in [-0.15, -0.1) is 0 Å². The average molecular weight is 187 g/mol. The fourth-order valence-electron chi connectivity index (χ4n) is 1.67. The molecule has 1 N–H and O–H groups in total. The van der Waals surface area contributed by atoms with Crippen LogP contribution in [-0.4, -0.2) is 49.0 Å². The van der Waals surface area contributed by atoms with E-state index in [0.29, 0.717) is 6.61 Å². The molecule has 0 aliphatic heterocycles. The molecular weight excluding hydrogens is 166 g/mol. The second kappa shape index (κ2) is 5.58. The van der Waals surface area contributed by atoms with Gasteiger partial charge in [-0.3, -0.25) is 4.90 Å². The summed E-state index contributed by atoms with van der Waals surface area (Å²) in [5.74, 6) is 0. The van der Waals surface area contributed by atoms with Crippen molar-refractivity contribution < 1.29 is 9.84 Å². The normalized spacial score (nSPS) is 19.4. The smallest absolute Gasteiger partial charge is 0.0900 e. The fourth-order valence-corrected chi connectivity index (χ4v) is 1.67. The predicted octanol–water partition coefficient (Wildman–Crippen LogP) is 0.868. The van der Waals surface area contributed by atoms with E-state index >= 15 is 0 Å². The van der Waals surface area contributed by atoms with Gasteiger partial charge in [0, 0.05) is 19.7 Å². The van der Waals surface area contributed by atoms with Gasteiger partial charge < -0.3 is 9.84 Å². The van der Waals surface area contributed by atoms with E-state index in [1.165, 1.54) is 12.8 Å². The molecule has 0 amide bonds. The van der Waals surface area contributed by atoms with Gasteiger partial charge in [0.15, 0.2) is 0 Å². The third kappa shape index (κ3) is 4.07. The van der Waals surface area contributed by atoms with Crippen molar-refractivity contribution in [2.45, 2.75) is 38.3 Å². The predicted molar refractivity (Wildman–Crippen MR) is 52.8 cm³/mol. The first-order chi connectivity index (χ1) is 6.27. The van der Waals surface area contributed by atoms with Crippen LogP contribution in [-0.2, 0) is 4.74 Å². The standard InChI is InChI=1S/C10H21NO2/c1-3-6-11(9-4-5-9)7-10(12)8-13-2/h9-10,12H,3-8H2,1-2H3. The molecule has 1 aliphatic rings. The van der Waals surface area contributed by atoms with Gasteiger partial charge in [0.05, 0.1) is 12.7 Å². The van der Waals surface area contributed by atoms with Crippen molar-refractivity contribution in [1.82, 2.24) is 4.90 Å². The maximum absolute atomic E-state index is 9.56. The van der Waals surface area contributed by atoms with Crippen LogP contribution in [0.1, 0.15) is 26.2 Å². The van der Waals surface area contributed by atoms with Gasteiger partial charge in [0.2, 0.25) is 0 Å². The summed E-state index contributed by atoms with van der Waals surface area (Å²) in [7, 11) is 1.63. The first-order valence-corrected chi connectivity index (χ1v) is 5.19. The largest absolute Gasteiger partial charge is 0.389 e. The molecule has 1 atom stereocenters. The second-order valence-corrected chi connectivity index (χ2v) is 3.84. The number of methoxy groups -OCH3 is 1. The van der Waals surface area contributed by atoms with Crippen molar-refractivity contribution in [2.24, 2.45) is 0 Å². The summed E-state index contributed by atoms with van der Waals surface area (Å²) in [6.07, 6.45) is 3.45. The molecule has 0 saturated heterocycles. The lowest BCUT2D eigenvalue weighted by Gasteiger charge is -2.23. The molecule has 3 heteroatoms. The Morgan fingerprint density at radius 3 is 2.69 bits per heavy atom. The molecule has 1 aliphatic carbocycles. The summed E-state index contributed by atoms with van der Waals surface area (Å²) >= 11 is 0. The highest BCUT2D eigenvalue weighted by molar-refractivity contribution is 4.85. The van der Waals surface area contributed by atoms with Crippen molar-refractivity contribution >= 4 is 0 Å². The van der Waals surface area contributed by atoms with Gasteiger partial charge in [-0.2, -0.15) is 0 Å². The van der Waals surface area contributed by atoms with Crippen LogP contribution >= 0.6 is 0 Å². The number of aliphatic hydroxyl groups excluding tert-OH is 1. The zero-order valence-corrected chi connectivity index (χ0v) is 8.70. The number of hydrogen-bond acceptors (Lipinski definition) is 3. The Morgan fingerprint density at radius 2 is 2.23 bits per heavy atom. The molecule has 1 fully saturated rings. The van der Waals surface area contributed by atoms with Crippen LogP contribution in [0.3, 0.4) is 0 Å². The number of hydrogen-bond donors (Lipinski definition) is 1. The molecule has 0 heterocycles. The van der Waals surface area contributed by atoms with Crippen LogP contribution in [0.25, 0.3) is 0 Å². The Balaban J connectivity index is 2.20. The quantitative estimate of drug-likeness (QED) is 0.642. The van der Waals surface area contributed by atoms with Crippen LogP contribution in [0.15, 0.2) is 0 Å². The number of aliphatic hydroxyl groups is 1. The monoisotopic (exact) mass is 187 g/mol. The van der Waals surface area contributed by atoms with E-state index in [0.717, 1.165) is 25.6 Å². The van der Waals surface area contributed by atoms with Crippen molar-refractivity contribution in [3.8, 4) is 0 Å². The number of rotatable bonds is 7. The van der Waals surface area contributed by atoms with E-state index in [4.69, 9.17) is 4.74 Å². The van der Waals surface area contributed by atoms with E-state index in [9.17, 15) is 5.11 Å². The number of nitrogens with zero attached hydrogens (tertiary/aromatic N) is 1. The van der Waals surface area contributed by atoms with Crippen LogP contribution in [0.5, 0.6) is 0 Å². The SMILES string of the molecule is CCCN(CC(O)COC)C1CC1. The summed E-state index contributed by atoms with van der Waals surface area (Å²) in [6, 6.07) is 0.742. The first kappa shape index (κ1) is 11.0. The lowest BCUT2D eigenvalue weighted by molar-refractivity contribution is 0.0357. The molecule has 1 rings (SSSR count). The first-order valence-electron chi connectivity index (χ1n) is 5.19. The minimum Gasteiger partial charge on any atom is -0.389 e. The topological polar surface area (TPSA) is 32.7 Å². The molecule has 0 aromatic carbocycles. The van der Waals surface area contributed by atoms with Gasteiger partial charge in [-0.05, 0) is 25.8 Å². The third-order valence-electron chi connectivity index (χ3n) is 2.38. The van der Waals surface area contributed by atoms with Crippen LogP contribution in [0, 0.1) is 0 Å². The molecule has 13 heavy (non-hydrogen) atoms. The summed E-state index contributed by atoms with van der Waals surface area (Å²) in [5, 5.41) is 9.56. The molecule has 1 unspecified atom stereocenters. The van der Waals surface area contributed by atoms with Crippen molar-refractivity contribution in [3.05, 3.63) is 0 Å². The molecule has 1 saturated carbocycles. The molecule has 3 nitrogen and oxygen atoms in total. The Morgan fingerprint density at radius 1 is 1.54 bits per heavy atom. The average Bonchev–Trinajstić information content (AvgIpc) is 2.86. The summed E-state index contributed by atoms with van der Waals surface area (Å²) in [6.45, 7) is 4.50. The van der Waals surface area contributed by atoms with Crippen LogP contribution in [0.4, 0.5) is 0 Å². The maximum atomic E-state index is 9.56. The Hall–Kier alpha value is -0.120. The van der Waals surface area contributed by atoms with E-state index in [1.54, 1.807) is 7.11 Å². The van der Waals surface area contributed by atoms with Crippen LogP contribution in [0.2, 0.25) is 0 Å². The highest BCUT2D eigenvalue weighted by atomic mass is 16.5. The molecular formula is C10H21NO2. The summed E-state index contributed by atoms with van der Waals surface area (Å²) < 4.78 is 4.91. The third-order valence-corrected chi connectivity index (χ3v) is 2.38. The Bertz CT molecular complexity index is 137. The molecule has 0 radical (unpaired) electrons. The second-order valence-electron chi connectivity index (χ2n) is 3.84. The molecule has 0 spiro atoms.